The number of aryl methyl sites for hydroxylation is 1. The van der Waals surface area contributed by atoms with Gasteiger partial charge in [-0.15, -0.1) is 11.6 Å². The van der Waals surface area contributed by atoms with Gasteiger partial charge in [-0.3, -0.25) is 9.59 Å². The van der Waals surface area contributed by atoms with Crippen LogP contribution in [-0.4, -0.2) is 45.5 Å². The molecule has 2 amide bonds. The molecule has 0 unspecified atom stereocenters. The number of nitrogens with one attached hydrogen (secondary N) is 1. The van der Waals surface area contributed by atoms with E-state index in [2.05, 4.69) is 26.1 Å². The Hall–Kier alpha value is -2.34. The Kier molecular flexibility index (Phi) is 7.70. The van der Waals surface area contributed by atoms with Crippen molar-refractivity contribution in [3.8, 4) is 5.69 Å². The summed E-state index contributed by atoms with van der Waals surface area (Å²) in [5.74, 6) is 0.147. The summed E-state index contributed by atoms with van der Waals surface area (Å²) in [7, 11) is 0. The normalized spacial score (nSPS) is 11.6. The first-order valence-corrected chi connectivity index (χ1v) is 10.8. The maximum absolute atomic E-state index is 12.8. The topological polar surface area (TPSA) is 67.2 Å². The van der Waals surface area contributed by atoms with E-state index in [-0.39, 0.29) is 35.6 Å². The fraction of sp³-hybridized carbons (Fsp3) is 0.522. The second-order valence-electron chi connectivity index (χ2n) is 9.15. The van der Waals surface area contributed by atoms with Crippen LogP contribution in [0.15, 0.2) is 24.3 Å². The van der Waals surface area contributed by atoms with Crippen molar-refractivity contribution in [2.45, 2.75) is 53.9 Å². The van der Waals surface area contributed by atoms with Crippen LogP contribution in [0.2, 0.25) is 0 Å². The minimum absolute atomic E-state index is 0.0490. The summed E-state index contributed by atoms with van der Waals surface area (Å²) in [5.41, 5.74) is 3.84. The van der Waals surface area contributed by atoms with Crippen LogP contribution in [0.3, 0.4) is 0 Å². The lowest BCUT2D eigenvalue weighted by Crippen LogP contribution is -2.41. The van der Waals surface area contributed by atoms with E-state index in [1.165, 1.54) is 4.90 Å². The number of hydrogen-bond acceptors (Lipinski definition) is 3. The summed E-state index contributed by atoms with van der Waals surface area (Å²) in [6.07, 6.45) is 0. The number of anilines is 1. The third kappa shape index (κ3) is 5.85. The molecule has 1 aromatic heterocycles. The highest BCUT2D eigenvalue weighted by Crippen LogP contribution is 2.28. The van der Waals surface area contributed by atoms with Gasteiger partial charge in [-0.1, -0.05) is 46.8 Å². The monoisotopic (exact) mass is 432 g/mol. The standard InChI is InChI=1S/C23H33ClN4O2/c1-15(2)13-27(22(30)12-24)14-21(29)25-20-11-19(23(5,6)7)26-28(20)18-10-8-9-16(3)17(18)4/h8-11,15H,12-14H2,1-7H3,(H,25,29). The molecular formula is C23H33ClN4O2. The number of carbonyl (C=O) groups is 2. The van der Waals surface area contributed by atoms with Crippen LogP contribution >= 0.6 is 11.6 Å². The average Bonchev–Trinajstić information content (AvgIpc) is 3.06. The van der Waals surface area contributed by atoms with Crippen molar-refractivity contribution in [2.75, 3.05) is 24.3 Å². The molecule has 0 saturated carbocycles. The van der Waals surface area contributed by atoms with Crippen LogP contribution in [0, 0.1) is 19.8 Å². The Bertz CT molecular complexity index is 912. The molecule has 0 bridgehead atoms. The van der Waals surface area contributed by atoms with E-state index < -0.39 is 0 Å². The van der Waals surface area contributed by atoms with Crippen molar-refractivity contribution in [1.82, 2.24) is 14.7 Å². The van der Waals surface area contributed by atoms with Gasteiger partial charge in [0.15, 0.2) is 0 Å². The lowest BCUT2D eigenvalue weighted by atomic mass is 9.92. The molecule has 0 saturated heterocycles. The van der Waals surface area contributed by atoms with Gasteiger partial charge in [0, 0.05) is 18.0 Å². The molecule has 0 spiro atoms. The number of nitrogens with zero attached hydrogens (tertiary/aromatic N) is 3. The summed E-state index contributed by atoms with van der Waals surface area (Å²) >= 11 is 5.73. The SMILES string of the molecule is Cc1cccc(-n2nc(C(C)(C)C)cc2NC(=O)CN(CC(C)C)C(=O)CCl)c1C. The van der Waals surface area contributed by atoms with Gasteiger partial charge in [-0.2, -0.15) is 5.10 Å². The third-order valence-corrected chi connectivity index (χ3v) is 5.17. The highest BCUT2D eigenvalue weighted by Gasteiger charge is 2.23. The highest BCUT2D eigenvalue weighted by molar-refractivity contribution is 6.27. The van der Waals surface area contributed by atoms with Gasteiger partial charge in [0.25, 0.3) is 0 Å². The van der Waals surface area contributed by atoms with Gasteiger partial charge in [0.05, 0.1) is 17.9 Å². The lowest BCUT2D eigenvalue weighted by molar-refractivity contribution is -0.133. The molecule has 7 heteroatoms. The number of carbonyl (C=O) groups excluding carboxylic acids is 2. The van der Waals surface area contributed by atoms with Crippen LogP contribution < -0.4 is 5.32 Å². The third-order valence-electron chi connectivity index (χ3n) is 4.94. The van der Waals surface area contributed by atoms with Crippen molar-refractivity contribution < 1.29 is 9.59 Å². The quantitative estimate of drug-likeness (QED) is 0.657. The summed E-state index contributed by atoms with van der Waals surface area (Å²) in [4.78, 5) is 26.5. The molecule has 2 aromatic rings. The molecule has 1 N–H and O–H groups in total. The van der Waals surface area contributed by atoms with Gasteiger partial charge in [0.1, 0.15) is 11.7 Å². The maximum Gasteiger partial charge on any atom is 0.245 e. The van der Waals surface area contributed by atoms with Crippen LogP contribution in [0.5, 0.6) is 0 Å². The largest absolute Gasteiger partial charge is 0.332 e. The second-order valence-corrected chi connectivity index (χ2v) is 9.41. The van der Waals surface area contributed by atoms with Crippen molar-refractivity contribution in [3.05, 3.63) is 41.1 Å². The van der Waals surface area contributed by atoms with Crippen LogP contribution in [0.1, 0.15) is 51.4 Å². The molecular weight excluding hydrogens is 400 g/mol. The number of aromatic nitrogens is 2. The maximum atomic E-state index is 12.8. The molecule has 1 aromatic carbocycles. The van der Waals surface area contributed by atoms with E-state index in [1.807, 2.05) is 52.0 Å². The fourth-order valence-electron chi connectivity index (χ4n) is 3.12. The molecule has 2 rings (SSSR count). The number of halogens is 1. The van der Waals surface area contributed by atoms with Crippen molar-refractivity contribution in [3.63, 3.8) is 0 Å². The predicted octanol–water partition coefficient (Wildman–Crippen LogP) is 4.45. The fourth-order valence-corrected chi connectivity index (χ4v) is 3.29. The van der Waals surface area contributed by atoms with Gasteiger partial charge < -0.3 is 10.2 Å². The Morgan fingerprint density at radius 1 is 1.23 bits per heavy atom. The zero-order chi connectivity index (χ0) is 22.6. The first-order chi connectivity index (χ1) is 13.9. The smallest absolute Gasteiger partial charge is 0.245 e. The number of alkyl halides is 1. The molecule has 6 nitrogen and oxygen atoms in total. The molecule has 30 heavy (non-hydrogen) atoms. The Labute approximate surface area is 184 Å². The molecule has 0 fully saturated rings. The molecule has 164 valence electrons. The highest BCUT2D eigenvalue weighted by atomic mass is 35.5. The molecule has 0 radical (unpaired) electrons. The number of rotatable bonds is 7. The number of benzene rings is 1. The van der Waals surface area contributed by atoms with Gasteiger partial charge in [-0.05, 0) is 37.0 Å². The second kappa shape index (κ2) is 9.65. The molecule has 0 atom stereocenters. The summed E-state index contributed by atoms with van der Waals surface area (Å²) < 4.78 is 1.77. The first kappa shape index (κ1) is 23.9. The average molecular weight is 433 g/mol. The van der Waals surface area contributed by atoms with E-state index in [1.54, 1.807) is 4.68 Å². The van der Waals surface area contributed by atoms with Gasteiger partial charge in [0.2, 0.25) is 11.8 Å². The summed E-state index contributed by atoms with van der Waals surface area (Å²) in [6.45, 7) is 14.8. The number of amides is 2. The Morgan fingerprint density at radius 2 is 1.90 bits per heavy atom. The minimum Gasteiger partial charge on any atom is -0.332 e. The lowest BCUT2D eigenvalue weighted by Gasteiger charge is -2.23. The predicted molar refractivity (Wildman–Crippen MR) is 123 cm³/mol. The molecule has 1 heterocycles. The zero-order valence-corrected chi connectivity index (χ0v) is 19.8. The van der Waals surface area contributed by atoms with Crippen molar-refractivity contribution in [1.29, 1.82) is 0 Å². The Morgan fingerprint density at radius 3 is 2.47 bits per heavy atom. The van der Waals surface area contributed by atoms with Gasteiger partial charge in [-0.25, -0.2) is 4.68 Å². The van der Waals surface area contributed by atoms with Crippen molar-refractivity contribution >= 4 is 29.2 Å². The van der Waals surface area contributed by atoms with Crippen LogP contribution in [-0.2, 0) is 15.0 Å². The van der Waals surface area contributed by atoms with E-state index in [4.69, 9.17) is 16.7 Å². The van der Waals surface area contributed by atoms with E-state index in [0.29, 0.717) is 12.4 Å². The van der Waals surface area contributed by atoms with E-state index in [9.17, 15) is 9.59 Å². The Balaban J connectivity index is 2.38. The molecule has 0 aliphatic carbocycles. The summed E-state index contributed by atoms with van der Waals surface area (Å²) in [6, 6.07) is 7.91. The minimum atomic E-state index is -0.277. The van der Waals surface area contributed by atoms with Gasteiger partial charge >= 0.3 is 0 Å². The first-order valence-electron chi connectivity index (χ1n) is 10.2. The van der Waals surface area contributed by atoms with Crippen LogP contribution in [0.25, 0.3) is 5.69 Å². The van der Waals surface area contributed by atoms with Crippen molar-refractivity contribution in [2.24, 2.45) is 5.92 Å². The summed E-state index contributed by atoms with van der Waals surface area (Å²) in [5, 5.41) is 7.74. The van der Waals surface area contributed by atoms with E-state index >= 15 is 0 Å². The zero-order valence-electron chi connectivity index (χ0n) is 19.0. The molecule has 0 aliphatic rings. The number of hydrogen-bond donors (Lipinski definition) is 1. The van der Waals surface area contributed by atoms with E-state index in [0.717, 1.165) is 22.5 Å². The molecule has 0 aliphatic heterocycles. The van der Waals surface area contributed by atoms with Crippen LogP contribution in [0.4, 0.5) is 5.82 Å².